The lowest BCUT2D eigenvalue weighted by Crippen LogP contribution is -2.57. The predicted octanol–water partition coefficient (Wildman–Crippen LogP) is 2.73. The van der Waals surface area contributed by atoms with Gasteiger partial charge in [-0.15, -0.1) is 0 Å². The summed E-state index contributed by atoms with van der Waals surface area (Å²) in [6.45, 7) is 3.75. The van der Waals surface area contributed by atoms with Crippen molar-refractivity contribution in [2.75, 3.05) is 35.7 Å². The molecule has 4 rings (SSSR count). The Morgan fingerprint density at radius 3 is 2.59 bits per heavy atom. The summed E-state index contributed by atoms with van der Waals surface area (Å²) in [5.74, 6) is 2.28. The standard InChI is InChI=1S/C20H23FN8/c1-13(14-3-5-15(21)6-4-14)25-20-27-17(26-18-10-23-7-8-24-18)9-19(28-20)29-11-16(12-29)22-2/h3-10,13,16,22H,11-12H2,1-2H3,(H2,24,25,26,27,28). The summed E-state index contributed by atoms with van der Waals surface area (Å²) in [5, 5.41) is 9.75. The predicted molar refractivity (Wildman–Crippen MR) is 111 cm³/mol. The largest absolute Gasteiger partial charge is 0.353 e. The molecule has 0 saturated carbocycles. The molecule has 9 heteroatoms. The summed E-state index contributed by atoms with van der Waals surface area (Å²) in [4.78, 5) is 19.7. The molecule has 1 unspecified atom stereocenters. The van der Waals surface area contributed by atoms with Crippen molar-refractivity contribution in [2.24, 2.45) is 0 Å². The Balaban J connectivity index is 1.57. The fourth-order valence-electron chi connectivity index (χ4n) is 3.10. The fourth-order valence-corrected chi connectivity index (χ4v) is 3.10. The molecule has 0 spiro atoms. The zero-order chi connectivity index (χ0) is 20.2. The molecule has 1 saturated heterocycles. The van der Waals surface area contributed by atoms with Gasteiger partial charge in [0.2, 0.25) is 5.95 Å². The minimum absolute atomic E-state index is 0.0864. The molecular formula is C20H23FN8. The molecule has 1 aliphatic rings. The first-order valence-electron chi connectivity index (χ1n) is 9.47. The number of hydrogen-bond acceptors (Lipinski definition) is 8. The number of halogens is 1. The summed E-state index contributed by atoms with van der Waals surface area (Å²) in [6.07, 6.45) is 4.87. The fraction of sp³-hybridized carbons (Fsp3) is 0.300. The maximum atomic E-state index is 13.2. The first-order valence-corrected chi connectivity index (χ1v) is 9.47. The number of anilines is 4. The molecule has 3 aromatic rings. The normalized spacial score (nSPS) is 14.9. The van der Waals surface area contributed by atoms with Gasteiger partial charge in [-0.1, -0.05) is 12.1 Å². The number of nitrogens with one attached hydrogen (secondary N) is 3. The lowest BCUT2D eigenvalue weighted by molar-refractivity contribution is 0.447. The topological polar surface area (TPSA) is 90.9 Å². The van der Waals surface area contributed by atoms with Crippen molar-refractivity contribution in [2.45, 2.75) is 19.0 Å². The van der Waals surface area contributed by atoms with E-state index < -0.39 is 0 Å². The van der Waals surface area contributed by atoms with E-state index in [2.05, 4.69) is 40.8 Å². The van der Waals surface area contributed by atoms with Crippen molar-refractivity contribution in [1.29, 1.82) is 0 Å². The van der Waals surface area contributed by atoms with Gasteiger partial charge in [0.1, 0.15) is 23.3 Å². The number of hydrogen-bond donors (Lipinski definition) is 3. The summed E-state index contributed by atoms with van der Waals surface area (Å²) >= 11 is 0. The second kappa shape index (κ2) is 8.36. The smallest absolute Gasteiger partial charge is 0.227 e. The summed E-state index contributed by atoms with van der Waals surface area (Å²) in [6, 6.07) is 8.67. The molecule has 3 N–H and O–H groups in total. The zero-order valence-electron chi connectivity index (χ0n) is 16.3. The molecule has 0 aliphatic carbocycles. The van der Waals surface area contributed by atoms with Crippen LogP contribution in [0.3, 0.4) is 0 Å². The Bertz CT molecular complexity index is 944. The first-order chi connectivity index (χ1) is 14.1. The molecule has 0 amide bonds. The van der Waals surface area contributed by atoms with Crippen molar-refractivity contribution >= 4 is 23.4 Å². The number of rotatable bonds is 7. The van der Waals surface area contributed by atoms with Crippen LogP contribution in [0.5, 0.6) is 0 Å². The highest BCUT2D eigenvalue weighted by Crippen LogP contribution is 2.26. The van der Waals surface area contributed by atoms with E-state index in [1.54, 1.807) is 30.7 Å². The van der Waals surface area contributed by atoms with Gasteiger partial charge in [-0.3, -0.25) is 4.98 Å². The molecule has 0 bridgehead atoms. The van der Waals surface area contributed by atoms with Crippen molar-refractivity contribution in [1.82, 2.24) is 25.3 Å². The minimum atomic E-state index is -0.258. The highest BCUT2D eigenvalue weighted by atomic mass is 19.1. The Hall–Kier alpha value is -3.33. The van der Waals surface area contributed by atoms with Gasteiger partial charge < -0.3 is 20.9 Å². The van der Waals surface area contributed by atoms with Gasteiger partial charge in [-0.2, -0.15) is 9.97 Å². The van der Waals surface area contributed by atoms with Gasteiger partial charge in [-0.05, 0) is 31.7 Å². The van der Waals surface area contributed by atoms with Crippen LogP contribution in [0.2, 0.25) is 0 Å². The Kier molecular flexibility index (Phi) is 5.48. The van der Waals surface area contributed by atoms with Gasteiger partial charge in [0.15, 0.2) is 0 Å². The molecule has 29 heavy (non-hydrogen) atoms. The minimum Gasteiger partial charge on any atom is -0.353 e. The molecule has 150 valence electrons. The zero-order valence-corrected chi connectivity index (χ0v) is 16.3. The van der Waals surface area contributed by atoms with Gasteiger partial charge in [0.05, 0.1) is 12.2 Å². The van der Waals surface area contributed by atoms with Crippen molar-refractivity contribution < 1.29 is 4.39 Å². The Labute approximate surface area is 168 Å². The molecule has 1 fully saturated rings. The lowest BCUT2D eigenvalue weighted by atomic mass is 10.1. The van der Waals surface area contributed by atoms with Gasteiger partial charge in [-0.25, -0.2) is 9.37 Å². The molecule has 0 radical (unpaired) electrons. The molecule has 1 aromatic carbocycles. The summed E-state index contributed by atoms with van der Waals surface area (Å²) in [7, 11) is 1.96. The van der Waals surface area contributed by atoms with E-state index in [-0.39, 0.29) is 11.9 Å². The Morgan fingerprint density at radius 2 is 1.90 bits per heavy atom. The van der Waals surface area contributed by atoms with Crippen molar-refractivity contribution in [3.63, 3.8) is 0 Å². The quantitative estimate of drug-likeness (QED) is 0.564. The molecular weight excluding hydrogens is 371 g/mol. The SMILES string of the molecule is CNC1CN(c2cc(Nc3cnccn3)nc(NC(C)c3ccc(F)cc3)n2)C1. The van der Waals surface area contributed by atoms with Crippen LogP contribution in [0.25, 0.3) is 0 Å². The summed E-state index contributed by atoms with van der Waals surface area (Å²) in [5.41, 5.74) is 0.947. The van der Waals surface area contributed by atoms with E-state index in [0.29, 0.717) is 23.6 Å². The average Bonchev–Trinajstić information content (AvgIpc) is 2.68. The number of aromatic nitrogens is 4. The third-order valence-corrected chi connectivity index (χ3v) is 4.86. The maximum Gasteiger partial charge on any atom is 0.227 e. The van der Waals surface area contributed by atoms with Crippen LogP contribution in [-0.4, -0.2) is 46.1 Å². The van der Waals surface area contributed by atoms with Crippen LogP contribution in [0.15, 0.2) is 48.9 Å². The molecule has 1 atom stereocenters. The second-order valence-corrected chi connectivity index (χ2v) is 6.96. The highest BCUT2D eigenvalue weighted by Gasteiger charge is 2.27. The molecule has 1 aliphatic heterocycles. The van der Waals surface area contributed by atoms with E-state index in [4.69, 9.17) is 0 Å². The van der Waals surface area contributed by atoms with Gasteiger partial charge in [0.25, 0.3) is 0 Å². The highest BCUT2D eigenvalue weighted by molar-refractivity contribution is 5.60. The third kappa shape index (κ3) is 4.57. The summed E-state index contributed by atoms with van der Waals surface area (Å²) < 4.78 is 13.2. The first kappa shape index (κ1) is 19.0. The molecule has 8 nitrogen and oxygen atoms in total. The lowest BCUT2D eigenvalue weighted by Gasteiger charge is -2.40. The Morgan fingerprint density at radius 1 is 1.10 bits per heavy atom. The van der Waals surface area contributed by atoms with Crippen molar-refractivity contribution in [3.05, 3.63) is 60.3 Å². The number of nitrogens with zero attached hydrogens (tertiary/aromatic N) is 5. The van der Waals surface area contributed by atoms with Crippen LogP contribution in [0, 0.1) is 5.82 Å². The van der Waals surface area contributed by atoms with Crippen LogP contribution in [0.4, 0.5) is 27.8 Å². The van der Waals surface area contributed by atoms with Gasteiger partial charge in [0, 0.05) is 37.6 Å². The van der Waals surface area contributed by atoms with Crippen LogP contribution in [0.1, 0.15) is 18.5 Å². The molecule has 2 aromatic heterocycles. The van der Waals surface area contributed by atoms with Crippen LogP contribution >= 0.6 is 0 Å². The van der Waals surface area contributed by atoms with Gasteiger partial charge >= 0.3 is 0 Å². The molecule has 3 heterocycles. The van der Waals surface area contributed by atoms with Crippen LogP contribution in [-0.2, 0) is 0 Å². The number of likely N-dealkylation sites (N-methyl/N-ethyl adjacent to an activating group) is 1. The monoisotopic (exact) mass is 394 g/mol. The maximum absolute atomic E-state index is 13.2. The second-order valence-electron chi connectivity index (χ2n) is 6.96. The van der Waals surface area contributed by atoms with E-state index >= 15 is 0 Å². The number of benzene rings is 1. The van der Waals surface area contributed by atoms with E-state index in [0.717, 1.165) is 24.5 Å². The van der Waals surface area contributed by atoms with Crippen LogP contribution < -0.4 is 20.9 Å². The van der Waals surface area contributed by atoms with E-state index in [9.17, 15) is 4.39 Å². The third-order valence-electron chi connectivity index (χ3n) is 4.86. The van der Waals surface area contributed by atoms with E-state index in [1.165, 1.54) is 12.1 Å². The van der Waals surface area contributed by atoms with Crippen molar-refractivity contribution in [3.8, 4) is 0 Å². The van der Waals surface area contributed by atoms with E-state index in [1.807, 2.05) is 20.0 Å². The average molecular weight is 394 g/mol.